The van der Waals surface area contributed by atoms with Crippen LogP contribution in [0.15, 0.2) is 34.5 Å². The largest absolute Gasteiger partial charge is 0.307 e. The molecular formula is C14H18N2O2S2. The number of sulfone groups is 1. The fourth-order valence-electron chi connectivity index (χ4n) is 1.78. The lowest BCUT2D eigenvalue weighted by molar-refractivity contribution is 0.602. The van der Waals surface area contributed by atoms with Gasteiger partial charge in [0.2, 0.25) is 0 Å². The molecule has 0 radical (unpaired) electrons. The Hall–Kier alpha value is -1.24. The van der Waals surface area contributed by atoms with Gasteiger partial charge >= 0.3 is 0 Å². The van der Waals surface area contributed by atoms with Crippen molar-refractivity contribution in [2.24, 2.45) is 0 Å². The third kappa shape index (κ3) is 4.13. The summed E-state index contributed by atoms with van der Waals surface area (Å²) in [6, 6.07) is 6.96. The Morgan fingerprint density at radius 2 is 1.90 bits per heavy atom. The van der Waals surface area contributed by atoms with Crippen LogP contribution >= 0.6 is 11.3 Å². The van der Waals surface area contributed by atoms with Crippen LogP contribution < -0.4 is 5.32 Å². The van der Waals surface area contributed by atoms with Crippen LogP contribution in [0.2, 0.25) is 0 Å². The topological polar surface area (TPSA) is 59.1 Å². The van der Waals surface area contributed by atoms with E-state index in [1.807, 2.05) is 12.1 Å². The maximum absolute atomic E-state index is 11.4. The minimum absolute atomic E-state index is 0.355. The van der Waals surface area contributed by atoms with Crippen molar-refractivity contribution in [3.05, 3.63) is 45.9 Å². The molecular weight excluding hydrogens is 292 g/mol. The highest BCUT2D eigenvalue weighted by atomic mass is 32.2. The molecule has 1 N–H and O–H groups in total. The summed E-state index contributed by atoms with van der Waals surface area (Å²) in [6.45, 7) is 3.52. The van der Waals surface area contributed by atoms with Crippen molar-refractivity contribution in [3.63, 3.8) is 0 Å². The zero-order valence-corrected chi connectivity index (χ0v) is 13.2. The van der Waals surface area contributed by atoms with Gasteiger partial charge in [-0.25, -0.2) is 13.4 Å². The summed E-state index contributed by atoms with van der Waals surface area (Å²) in [5.41, 5.74) is 2.11. The predicted octanol–water partition coefficient (Wildman–Crippen LogP) is 2.40. The van der Waals surface area contributed by atoms with E-state index < -0.39 is 9.84 Å². The lowest BCUT2D eigenvalue weighted by Crippen LogP contribution is -2.13. The van der Waals surface area contributed by atoms with Gasteiger partial charge in [0.15, 0.2) is 9.84 Å². The second kappa shape index (κ2) is 6.47. The van der Waals surface area contributed by atoms with Crippen LogP contribution in [0.1, 0.15) is 23.2 Å². The van der Waals surface area contributed by atoms with Gasteiger partial charge in [-0.2, -0.15) is 0 Å². The zero-order chi connectivity index (χ0) is 14.6. The second-order valence-corrected chi connectivity index (χ2v) is 7.56. The van der Waals surface area contributed by atoms with Crippen molar-refractivity contribution < 1.29 is 8.42 Å². The summed E-state index contributed by atoms with van der Waals surface area (Å²) < 4.78 is 22.7. The van der Waals surface area contributed by atoms with Crippen molar-refractivity contribution in [1.82, 2.24) is 10.3 Å². The molecule has 0 aliphatic rings. The Labute approximate surface area is 123 Å². The van der Waals surface area contributed by atoms with E-state index >= 15 is 0 Å². The number of hydrogen-bond acceptors (Lipinski definition) is 5. The highest BCUT2D eigenvalue weighted by Gasteiger charge is 2.06. The van der Waals surface area contributed by atoms with E-state index in [4.69, 9.17) is 0 Å². The second-order valence-electron chi connectivity index (χ2n) is 4.61. The van der Waals surface area contributed by atoms with Crippen molar-refractivity contribution in [2.75, 3.05) is 6.26 Å². The van der Waals surface area contributed by atoms with Gasteiger partial charge in [0, 0.05) is 24.7 Å². The first-order chi connectivity index (χ1) is 9.49. The Morgan fingerprint density at radius 3 is 2.45 bits per heavy atom. The van der Waals surface area contributed by atoms with E-state index in [1.165, 1.54) is 6.26 Å². The number of aryl methyl sites for hydroxylation is 1. The summed E-state index contributed by atoms with van der Waals surface area (Å²) in [4.78, 5) is 4.84. The standard InChI is InChI=1S/C14H18N2O2S2/c1-3-14-16-12(10-19-14)9-15-8-11-4-6-13(7-5-11)20(2,17)18/h4-7,10,15H,3,8-9H2,1-2H3. The van der Waals surface area contributed by atoms with Gasteiger partial charge in [-0.15, -0.1) is 11.3 Å². The molecule has 1 aromatic carbocycles. The van der Waals surface area contributed by atoms with Gasteiger partial charge in [0.1, 0.15) is 0 Å². The zero-order valence-electron chi connectivity index (χ0n) is 11.6. The van der Waals surface area contributed by atoms with E-state index in [9.17, 15) is 8.42 Å². The van der Waals surface area contributed by atoms with Crippen LogP contribution in [0.5, 0.6) is 0 Å². The minimum atomic E-state index is -3.11. The smallest absolute Gasteiger partial charge is 0.175 e. The molecule has 4 nitrogen and oxygen atoms in total. The first-order valence-corrected chi connectivity index (χ1v) is 9.19. The van der Waals surface area contributed by atoms with E-state index in [1.54, 1.807) is 23.5 Å². The molecule has 0 spiro atoms. The molecule has 108 valence electrons. The van der Waals surface area contributed by atoms with Crippen LogP contribution in [0.25, 0.3) is 0 Å². The molecule has 20 heavy (non-hydrogen) atoms. The Kier molecular flexibility index (Phi) is 4.91. The van der Waals surface area contributed by atoms with Crippen LogP contribution in [-0.2, 0) is 29.3 Å². The van der Waals surface area contributed by atoms with Gasteiger partial charge in [-0.1, -0.05) is 19.1 Å². The van der Waals surface area contributed by atoms with Crippen LogP contribution in [0.3, 0.4) is 0 Å². The van der Waals surface area contributed by atoms with E-state index in [2.05, 4.69) is 22.6 Å². The van der Waals surface area contributed by atoms with Crippen molar-refractivity contribution >= 4 is 21.2 Å². The van der Waals surface area contributed by atoms with Gasteiger partial charge in [0.05, 0.1) is 15.6 Å². The van der Waals surface area contributed by atoms with Crippen LogP contribution in [-0.4, -0.2) is 19.7 Å². The fourth-order valence-corrected chi connectivity index (χ4v) is 3.16. The number of nitrogens with one attached hydrogen (secondary N) is 1. The molecule has 0 amide bonds. The number of benzene rings is 1. The summed E-state index contributed by atoms with van der Waals surface area (Å²) in [6.07, 6.45) is 2.19. The summed E-state index contributed by atoms with van der Waals surface area (Å²) in [5.74, 6) is 0. The Bertz CT molecular complexity index is 661. The minimum Gasteiger partial charge on any atom is -0.307 e. The third-order valence-electron chi connectivity index (χ3n) is 2.89. The third-order valence-corrected chi connectivity index (χ3v) is 5.06. The van der Waals surface area contributed by atoms with E-state index in [-0.39, 0.29) is 0 Å². The molecule has 0 bridgehead atoms. The summed E-state index contributed by atoms with van der Waals surface area (Å²) >= 11 is 1.68. The molecule has 6 heteroatoms. The lowest BCUT2D eigenvalue weighted by atomic mass is 10.2. The molecule has 1 heterocycles. The Morgan fingerprint density at radius 1 is 1.20 bits per heavy atom. The molecule has 1 aromatic heterocycles. The van der Waals surface area contributed by atoms with Gasteiger partial charge < -0.3 is 5.32 Å². The number of hydrogen-bond donors (Lipinski definition) is 1. The lowest BCUT2D eigenvalue weighted by Gasteiger charge is -2.04. The fraction of sp³-hybridized carbons (Fsp3) is 0.357. The quantitative estimate of drug-likeness (QED) is 0.890. The molecule has 0 saturated carbocycles. The van der Waals surface area contributed by atoms with E-state index in [0.717, 1.165) is 29.2 Å². The highest BCUT2D eigenvalue weighted by Crippen LogP contribution is 2.12. The summed E-state index contributed by atoms with van der Waals surface area (Å²) in [5, 5.41) is 6.53. The first kappa shape index (κ1) is 15.2. The van der Waals surface area contributed by atoms with Gasteiger partial charge in [-0.05, 0) is 24.1 Å². The van der Waals surface area contributed by atoms with Crippen LogP contribution in [0.4, 0.5) is 0 Å². The van der Waals surface area contributed by atoms with Crippen molar-refractivity contribution in [3.8, 4) is 0 Å². The maximum atomic E-state index is 11.4. The molecule has 0 saturated heterocycles. The van der Waals surface area contributed by atoms with E-state index in [0.29, 0.717) is 11.4 Å². The molecule has 0 atom stereocenters. The molecule has 2 aromatic rings. The molecule has 0 fully saturated rings. The van der Waals surface area contributed by atoms with Gasteiger partial charge in [-0.3, -0.25) is 0 Å². The maximum Gasteiger partial charge on any atom is 0.175 e. The number of thiazole rings is 1. The number of aromatic nitrogens is 1. The Balaban J connectivity index is 1.88. The van der Waals surface area contributed by atoms with Crippen molar-refractivity contribution in [1.29, 1.82) is 0 Å². The average molecular weight is 310 g/mol. The highest BCUT2D eigenvalue weighted by molar-refractivity contribution is 7.90. The van der Waals surface area contributed by atoms with Crippen molar-refractivity contribution in [2.45, 2.75) is 31.3 Å². The van der Waals surface area contributed by atoms with Gasteiger partial charge in [0.25, 0.3) is 0 Å². The summed E-state index contributed by atoms with van der Waals surface area (Å²) in [7, 11) is -3.11. The predicted molar refractivity (Wildman–Crippen MR) is 81.6 cm³/mol. The monoisotopic (exact) mass is 310 g/mol. The average Bonchev–Trinajstić information content (AvgIpc) is 2.86. The molecule has 0 unspecified atom stereocenters. The molecule has 2 rings (SSSR count). The molecule has 0 aliphatic carbocycles. The normalized spacial score (nSPS) is 11.7. The first-order valence-electron chi connectivity index (χ1n) is 6.42. The number of rotatable bonds is 6. The van der Waals surface area contributed by atoms with Crippen LogP contribution in [0, 0.1) is 0 Å². The number of nitrogens with zero attached hydrogens (tertiary/aromatic N) is 1. The SMILES string of the molecule is CCc1nc(CNCc2ccc(S(C)(=O)=O)cc2)cs1. The molecule has 0 aliphatic heterocycles.